The van der Waals surface area contributed by atoms with Crippen molar-refractivity contribution < 1.29 is 9.59 Å². The van der Waals surface area contributed by atoms with E-state index in [1.54, 1.807) is 6.20 Å². The van der Waals surface area contributed by atoms with Gasteiger partial charge < -0.3 is 20.2 Å². The number of nitrogens with two attached hydrogens (primary N) is 1. The molecule has 1 aromatic rings. The Morgan fingerprint density at radius 3 is 2.65 bits per heavy atom. The number of hydrogen-bond donors (Lipinski definition) is 1. The summed E-state index contributed by atoms with van der Waals surface area (Å²) in [7, 11) is 0. The van der Waals surface area contributed by atoms with E-state index in [0.29, 0.717) is 18.9 Å². The topological polar surface area (TPSA) is 76.3 Å². The maximum absolute atomic E-state index is 11.1. The van der Waals surface area contributed by atoms with Crippen molar-refractivity contribution >= 4 is 18.4 Å². The van der Waals surface area contributed by atoms with Crippen LogP contribution in [-0.4, -0.2) is 36.7 Å². The molecule has 0 aromatic carbocycles. The van der Waals surface area contributed by atoms with E-state index in [9.17, 15) is 9.59 Å². The normalized spacial score (nSPS) is 17.8. The van der Waals surface area contributed by atoms with E-state index in [4.69, 9.17) is 5.73 Å². The number of carbonyl (C=O) groups is 2. The van der Waals surface area contributed by atoms with Gasteiger partial charge in [-0.3, -0.25) is 0 Å². The lowest BCUT2D eigenvalue weighted by Gasteiger charge is -2.31. The van der Waals surface area contributed by atoms with Gasteiger partial charge in [-0.05, 0) is 30.9 Å². The van der Waals surface area contributed by atoms with E-state index in [1.807, 2.05) is 12.1 Å². The van der Waals surface area contributed by atoms with Crippen LogP contribution >= 0.6 is 0 Å². The average Bonchev–Trinajstić information content (AvgIpc) is 2.49. The summed E-state index contributed by atoms with van der Waals surface area (Å²) >= 11 is 0. The average molecular weight is 275 g/mol. The van der Waals surface area contributed by atoms with Crippen molar-refractivity contribution in [3.05, 3.63) is 23.9 Å². The van der Waals surface area contributed by atoms with Crippen molar-refractivity contribution in [1.29, 1.82) is 0 Å². The van der Waals surface area contributed by atoms with Crippen molar-refractivity contribution in [2.24, 2.45) is 5.73 Å². The van der Waals surface area contributed by atoms with E-state index in [1.165, 1.54) is 0 Å². The van der Waals surface area contributed by atoms with Crippen LogP contribution in [-0.2, 0) is 9.59 Å². The van der Waals surface area contributed by atoms with Gasteiger partial charge in [0.1, 0.15) is 18.4 Å². The van der Waals surface area contributed by atoms with Crippen LogP contribution in [0.2, 0.25) is 0 Å². The summed E-state index contributed by atoms with van der Waals surface area (Å²) in [6.45, 7) is 1.85. The molecule has 2 rings (SSSR count). The molecule has 1 unspecified atom stereocenters. The molecule has 5 heteroatoms. The highest BCUT2D eigenvalue weighted by molar-refractivity contribution is 5.63. The fraction of sp³-hybridized carbons (Fsp3) is 0.533. The molecule has 1 aliphatic rings. The minimum Gasteiger partial charge on any atom is -0.357 e. The third-order valence-electron chi connectivity index (χ3n) is 3.82. The summed E-state index contributed by atoms with van der Waals surface area (Å²) in [5, 5.41) is 0. The highest BCUT2D eigenvalue weighted by Gasteiger charge is 2.17. The van der Waals surface area contributed by atoms with Crippen molar-refractivity contribution in [3.63, 3.8) is 0 Å². The van der Waals surface area contributed by atoms with E-state index in [2.05, 4.69) is 9.88 Å². The monoisotopic (exact) mass is 275 g/mol. The van der Waals surface area contributed by atoms with Gasteiger partial charge >= 0.3 is 0 Å². The summed E-state index contributed by atoms with van der Waals surface area (Å²) in [4.78, 5) is 28.1. The first-order chi connectivity index (χ1) is 9.74. The second-order valence-corrected chi connectivity index (χ2v) is 5.26. The van der Waals surface area contributed by atoms with Crippen molar-refractivity contribution in [3.8, 4) is 0 Å². The first kappa shape index (κ1) is 14.7. The Morgan fingerprint density at radius 1 is 1.35 bits per heavy atom. The van der Waals surface area contributed by atoms with Gasteiger partial charge in [-0.1, -0.05) is 6.07 Å². The van der Waals surface area contributed by atoms with E-state index in [0.717, 1.165) is 49.9 Å². The smallest absolute Gasteiger partial charge is 0.128 e. The quantitative estimate of drug-likeness (QED) is 0.791. The van der Waals surface area contributed by atoms with Gasteiger partial charge in [0.25, 0.3) is 0 Å². The van der Waals surface area contributed by atoms with Crippen molar-refractivity contribution in [2.45, 2.75) is 37.6 Å². The Balaban J connectivity index is 2.01. The zero-order chi connectivity index (χ0) is 14.4. The maximum atomic E-state index is 11.1. The van der Waals surface area contributed by atoms with Crippen LogP contribution in [0.4, 0.5) is 5.82 Å². The summed E-state index contributed by atoms with van der Waals surface area (Å²) in [6, 6.07) is 4.18. The highest BCUT2D eigenvalue weighted by atomic mass is 16.1. The Bertz CT molecular complexity index is 439. The molecular formula is C15H21N3O2. The molecule has 1 saturated heterocycles. The second kappa shape index (κ2) is 7.14. The standard InChI is InChI=1S/C15H21N3O2/c16-14-5-7-18(8-6-14)15-4-3-12(10-17-15)13(11-20)2-1-9-19/h3-4,9-11,13-14H,1-2,5-8,16H2. The van der Waals surface area contributed by atoms with E-state index >= 15 is 0 Å². The van der Waals surface area contributed by atoms with Crippen LogP contribution in [0.3, 0.4) is 0 Å². The molecular weight excluding hydrogens is 254 g/mol. The highest BCUT2D eigenvalue weighted by Crippen LogP contribution is 2.22. The zero-order valence-corrected chi connectivity index (χ0v) is 11.6. The lowest BCUT2D eigenvalue weighted by molar-refractivity contribution is -0.109. The van der Waals surface area contributed by atoms with E-state index in [-0.39, 0.29) is 5.92 Å². The van der Waals surface area contributed by atoms with Crippen molar-refractivity contribution in [1.82, 2.24) is 4.98 Å². The minimum absolute atomic E-state index is 0.239. The molecule has 0 amide bonds. The summed E-state index contributed by atoms with van der Waals surface area (Å²) in [5.41, 5.74) is 6.76. The number of pyridine rings is 1. The largest absolute Gasteiger partial charge is 0.357 e. The molecule has 1 aliphatic heterocycles. The molecule has 0 bridgehead atoms. The zero-order valence-electron chi connectivity index (χ0n) is 11.6. The second-order valence-electron chi connectivity index (χ2n) is 5.26. The van der Waals surface area contributed by atoms with Crippen LogP contribution in [0.25, 0.3) is 0 Å². The van der Waals surface area contributed by atoms with Gasteiger partial charge in [0.2, 0.25) is 0 Å². The molecule has 5 nitrogen and oxygen atoms in total. The number of nitrogens with zero attached hydrogens (tertiary/aromatic N) is 2. The fourth-order valence-electron chi connectivity index (χ4n) is 2.49. The predicted octanol–water partition coefficient (Wildman–Crippen LogP) is 1.27. The van der Waals surface area contributed by atoms with Gasteiger partial charge in [-0.15, -0.1) is 0 Å². The maximum Gasteiger partial charge on any atom is 0.128 e. The molecule has 1 atom stereocenters. The van der Waals surface area contributed by atoms with Gasteiger partial charge in [0.05, 0.1) is 0 Å². The number of piperidine rings is 1. The molecule has 2 heterocycles. The van der Waals surface area contributed by atoms with Crippen LogP contribution < -0.4 is 10.6 Å². The molecule has 2 N–H and O–H groups in total. The number of hydrogen-bond acceptors (Lipinski definition) is 5. The molecule has 0 saturated carbocycles. The Hall–Kier alpha value is -1.75. The van der Waals surface area contributed by atoms with Crippen LogP contribution in [0.5, 0.6) is 0 Å². The molecule has 1 aromatic heterocycles. The van der Waals surface area contributed by atoms with Crippen LogP contribution in [0.15, 0.2) is 18.3 Å². The number of carbonyl (C=O) groups excluding carboxylic acids is 2. The van der Waals surface area contributed by atoms with Gasteiger partial charge in [0, 0.05) is 37.7 Å². The third kappa shape index (κ3) is 3.63. The van der Waals surface area contributed by atoms with Gasteiger partial charge in [-0.2, -0.15) is 0 Å². The SMILES string of the molecule is NC1CCN(c2ccc(C(C=O)CCC=O)cn2)CC1. The van der Waals surface area contributed by atoms with E-state index < -0.39 is 0 Å². The number of rotatable bonds is 6. The molecule has 108 valence electrons. The lowest BCUT2D eigenvalue weighted by Crippen LogP contribution is -2.40. The van der Waals surface area contributed by atoms with Crippen LogP contribution in [0, 0.1) is 0 Å². The molecule has 0 spiro atoms. The minimum atomic E-state index is -0.239. The van der Waals surface area contributed by atoms with Crippen LogP contribution in [0.1, 0.15) is 37.2 Å². The number of aldehydes is 2. The lowest BCUT2D eigenvalue weighted by atomic mass is 9.97. The summed E-state index contributed by atoms with van der Waals surface area (Å²) < 4.78 is 0. The molecule has 20 heavy (non-hydrogen) atoms. The number of anilines is 1. The molecule has 0 radical (unpaired) electrons. The first-order valence-electron chi connectivity index (χ1n) is 7.10. The van der Waals surface area contributed by atoms with Crippen molar-refractivity contribution in [2.75, 3.05) is 18.0 Å². The fourth-order valence-corrected chi connectivity index (χ4v) is 2.49. The molecule has 1 fully saturated rings. The first-order valence-corrected chi connectivity index (χ1v) is 7.10. The number of aromatic nitrogens is 1. The molecule has 0 aliphatic carbocycles. The summed E-state index contributed by atoms with van der Waals surface area (Å²) in [6.07, 6.45) is 6.39. The third-order valence-corrected chi connectivity index (χ3v) is 3.82. The Kier molecular flexibility index (Phi) is 5.24. The van der Waals surface area contributed by atoms with Gasteiger partial charge in [-0.25, -0.2) is 4.98 Å². The Labute approximate surface area is 119 Å². The summed E-state index contributed by atoms with van der Waals surface area (Å²) in [5.74, 6) is 0.692. The predicted molar refractivity (Wildman–Crippen MR) is 77.8 cm³/mol. The Morgan fingerprint density at radius 2 is 2.10 bits per heavy atom. The van der Waals surface area contributed by atoms with Gasteiger partial charge in [0.15, 0.2) is 0 Å².